The van der Waals surface area contributed by atoms with Gasteiger partial charge in [0.1, 0.15) is 0 Å². The minimum Gasteiger partial charge on any atom is -0.342 e. The molecule has 2 fully saturated rings. The van der Waals surface area contributed by atoms with Crippen molar-refractivity contribution < 1.29 is 4.79 Å². The monoisotopic (exact) mass is 352 g/mol. The van der Waals surface area contributed by atoms with Gasteiger partial charge >= 0.3 is 0 Å². The maximum atomic E-state index is 12.3. The third kappa shape index (κ3) is 4.22. The Hall–Kier alpha value is -1.98. The molecule has 0 atom stereocenters. The number of aromatic nitrogens is 1. The lowest BCUT2D eigenvalue weighted by molar-refractivity contribution is -0.131. The lowest BCUT2D eigenvalue weighted by Crippen LogP contribution is -2.46. The molecule has 4 rings (SSSR count). The van der Waals surface area contributed by atoms with Gasteiger partial charge in [-0.1, -0.05) is 24.3 Å². The Labute approximate surface area is 155 Å². The number of rotatable bonds is 5. The van der Waals surface area contributed by atoms with Crippen LogP contribution in [-0.2, 0) is 11.3 Å². The number of carbonyl (C=O) groups excluding carboxylic acids is 1. The predicted molar refractivity (Wildman–Crippen MR) is 104 cm³/mol. The van der Waals surface area contributed by atoms with Crippen LogP contribution in [0, 0.1) is 0 Å². The number of nitrogens with zero attached hydrogens (tertiary/aromatic N) is 3. The summed E-state index contributed by atoms with van der Waals surface area (Å²) in [6.07, 6.45) is 6.49. The zero-order valence-electron chi connectivity index (χ0n) is 15.4. The highest BCUT2D eigenvalue weighted by atomic mass is 16.2. The van der Waals surface area contributed by atoms with Crippen molar-refractivity contribution in [2.45, 2.75) is 38.3 Å². The molecule has 0 spiro atoms. The van der Waals surface area contributed by atoms with E-state index in [2.05, 4.69) is 39.5 Å². The Morgan fingerprint density at radius 1 is 1.08 bits per heavy atom. The third-order valence-corrected chi connectivity index (χ3v) is 5.66. The van der Waals surface area contributed by atoms with Gasteiger partial charge in [0.2, 0.25) is 5.91 Å². The van der Waals surface area contributed by atoms with E-state index in [1.54, 1.807) is 0 Å². The molecule has 0 unspecified atom stereocenters. The van der Waals surface area contributed by atoms with Gasteiger partial charge in [0.15, 0.2) is 0 Å². The van der Waals surface area contributed by atoms with E-state index in [0.717, 1.165) is 51.3 Å². The maximum absolute atomic E-state index is 12.3. The molecule has 26 heavy (non-hydrogen) atoms. The second kappa shape index (κ2) is 8.14. The van der Waals surface area contributed by atoms with Gasteiger partial charge in [-0.25, -0.2) is 0 Å². The fourth-order valence-corrected chi connectivity index (χ4v) is 4.03. The summed E-state index contributed by atoms with van der Waals surface area (Å²) >= 11 is 0. The van der Waals surface area contributed by atoms with E-state index in [9.17, 15) is 4.79 Å². The van der Waals surface area contributed by atoms with Crippen LogP contribution in [-0.4, -0.2) is 59.5 Å². The van der Waals surface area contributed by atoms with Crippen molar-refractivity contribution in [3.63, 3.8) is 0 Å². The lowest BCUT2D eigenvalue weighted by Gasteiger charge is -2.32. The van der Waals surface area contributed by atoms with Crippen LogP contribution in [0.4, 0.5) is 0 Å². The van der Waals surface area contributed by atoms with E-state index in [1.807, 2.05) is 17.2 Å². The van der Waals surface area contributed by atoms with E-state index in [-0.39, 0.29) is 0 Å². The number of piperidine rings is 1. The summed E-state index contributed by atoms with van der Waals surface area (Å²) < 4.78 is 0. The van der Waals surface area contributed by atoms with Crippen molar-refractivity contribution >= 4 is 16.7 Å². The lowest BCUT2D eigenvalue weighted by atomic mass is 10.0. The Balaban J connectivity index is 1.22. The molecule has 0 aliphatic carbocycles. The second-order valence-electron chi connectivity index (χ2n) is 7.54. The van der Waals surface area contributed by atoms with Crippen LogP contribution in [0.3, 0.4) is 0 Å². The minimum absolute atomic E-state index is 0.314. The van der Waals surface area contributed by atoms with Crippen LogP contribution in [0.2, 0.25) is 0 Å². The minimum atomic E-state index is 0.314. The molecule has 0 bridgehead atoms. The van der Waals surface area contributed by atoms with Gasteiger partial charge in [0, 0.05) is 50.3 Å². The zero-order chi connectivity index (χ0) is 17.8. The first kappa shape index (κ1) is 17.4. The number of likely N-dealkylation sites (tertiary alicyclic amines) is 2. The van der Waals surface area contributed by atoms with Crippen molar-refractivity contribution in [1.82, 2.24) is 20.1 Å². The molecule has 138 valence electrons. The molecule has 1 N–H and O–H groups in total. The molecule has 2 saturated heterocycles. The first-order chi connectivity index (χ1) is 12.8. The third-order valence-electron chi connectivity index (χ3n) is 5.66. The number of carbonyl (C=O) groups is 1. The quantitative estimate of drug-likeness (QED) is 0.898. The summed E-state index contributed by atoms with van der Waals surface area (Å²) in [5.41, 5.74) is 1.09. The molecular formula is C21H28N4O. The Kier molecular flexibility index (Phi) is 5.46. The van der Waals surface area contributed by atoms with E-state index in [0.29, 0.717) is 18.5 Å². The Bertz CT molecular complexity index is 749. The molecule has 2 aromatic rings. The highest BCUT2D eigenvalue weighted by Crippen LogP contribution is 2.15. The number of hydrogen-bond donors (Lipinski definition) is 1. The van der Waals surface area contributed by atoms with Gasteiger partial charge in [0.25, 0.3) is 0 Å². The first-order valence-corrected chi connectivity index (χ1v) is 9.85. The van der Waals surface area contributed by atoms with Gasteiger partial charge in [0.05, 0.1) is 12.2 Å². The van der Waals surface area contributed by atoms with Crippen LogP contribution in [0.5, 0.6) is 0 Å². The number of amides is 1. The highest BCUT2D eigenvalue weighted by Gasteiger charge is 2.24. The van der Waals surface area contributed by atoms with E-state index >= 15 is 0 Å². The molecule has 1 aromatic carbocycles. The van der Waals surface area contributed by atoms with Gasteiger partial charge < -0.3 is 10.2 Å². The Morgan fingerprint density at radius 2 is 1.81 bits per heavy atom. The fourth-order valence-electron chi connectivity index (χ4n) is 4.03. The summed E-state index contributed by atoms with van der Waals surface area (Å²) in [6, 6.07) is 11.0. The van der Waals surface area contributed by atoms with Gasteiger partial charge in [-0.05, 0) is 37.1 Å². The van der Waals surface area contributed by atoms with E-state index < -0.39 is 0 Å². The number of benzene rings is 1. The van der Waals surface area contributed by atoms with Crippen molar-refractivity contribution in [2.75, 3.05) is 32.7 Å². The second-order valence-corrected chi connectivity index (χ2v) is 7.54. The fraction of sp³-hybridized carbons (Fsp3) is 0.524. The number of pyridine rings is 1. The van der Waals surface area contributed by atoms with Crippen molar-refractivity contribution in [3.05, 3.63) is 42.2 Å². The number of fused-ring (bicyclic) bond motifs is 1. The van der Waals surface area contributed by atoms with Crippen molar-refractivity contribution in [3.8, 4) is 0 Å². The molecule has 5 heteroatoms. The summed E-state index contributed by atoms with van der Waals surface area (Å²) in [4.78, 5) is 21.2. The Morgan fingerprint density at radius 3 is 2.58 bits per heavy atom. The largest absolute Gasteiger partial charge is 0.342 e. The smallest absolute Gasteiger partial charge is 0.236 e. The average Bonchev–Trinajstić information content (AvgIpc) is 3.22. The standard InChI is InChI=1S/C21H28N4O/c26-21(25-9-3-4-10-25)16-24-11-7-19(8-12-24)23-15-20-13-17-5-1-2-6-18(17)14-22-20/h1-2,5-6,13-14,19,23H,3-4,7-12,15-16H2. The van der Waals surface area contributed by atoms with E-state index in [1.165, 1.54) is 23.6 Å². The zero-order valence-corrected chi connectivity index (χ0v) is 15.4. The van der Waals surface area contributed by atoms with Crippen LogP contribution >= 0.6 is 0 Å². The molecule has 5 nitrogen and oxygen atoms in total. The molecule has 3 heterocycles. The normalized spacial score (nSPS) is 19.3. The summed E-state index contributed by atoms with van der Waals surface area (Å²) in [5, 5.41) is 6.08. The van der Waals surface area contributed by atoms with Crippen LogP contribution in [0.25, 0.3) is 10.8 Å². The van der Waals surface area contributed by atoms with Crippen LogP contribution < -0.4 is 5.32 Å². The molecule has 2 aliphatic heterocycles. The average molecular weight is 352 g/mol. The molecule has 0 radical (unpaired) electrons. The number of hydrogen-bond acceptors (Lipinski definition) is 4. The summed E-state index contributed by atoms with van der Waals surface area (Å²) in [6.45, 7) is 5.32. The van der Waals surface area contributed by atoms with Gasteiger partial charge in [-0.2, -0.15) is 0 Å². The molecule has 1 amide bonds. The van der Waals surface area contributed by atoms with Crippen molar-refractivity contribution in [2.24, 2.45) is 0 Å². The van der Waals surface area contributed by atoms with Crippen molar-refractivity contribution in [1.29, 1.82) is 0 Å². The summed E-state index contributed by atoms with van der Waals surface area (Å²) in [5.74, 6) is 0.314. The van der Waals surface area contributed by atoms with Crippen LogP contribution in [0.15, 0.2) is 36.5 Å². The SMILES string of the molecule is O=C(CN1CCC(NCc2cc3ccccc3cn2)CC1)N1CCCC1. The van der Waals surface area contributed by atoms with Crippen LogP contribution in [0.1, 0.15) is 31.4 Å². The highest BCUT2D eigenvalue weighted by molar-refractivity contribution is 5.81. The topological polar surface area (TPSA) is 48.5 Å². The van der Waals surface area contributed by atoms with Gasteiger partial charge in [-0.15, -0.1) is 0 Å². The van der Waals surface area contributed by atoms with E-state index in [4.69, 9.17) is 0 Å². The predicted octanol–water partition coefficient (Wildman–Crippen LogP) is 2.41. The van der Waals surface area contributed by atoms with Gasteiger partial charge in [-0.3, -0.25) is 14.7 Å². The number of nitrogens with one attached hydrogen (secondary N) is 1. The molecule has 0 saturated carbocycles. The maximum Gasteiger partial charge on any atom is 0.236 e. The first-order valence-electron chi connectivity index (χ1n) is 9.85. The molecule has 2 aliphatic rings. The molecule has 1 aromatic heterocycles. The summed E-state index contributed by atoms with van der Waals surface area (Å²) in [7, 11) is 0. The molecular weight excluding hydrogens is 324 g/mol.